The summed E-state index contributed by atoms with van der Waals surface area (Å²) in [5.74, 6) is 0.673. The molecule has 0 spiro atoms. The van der Waals surface area contributed by atoms with Crippen molar-refractivity contribution in [3.05, 3.63) is 56.6 Å². The van der Waals surface area contributed by atoms with E-state index in [0.717, 1.165) is 28.8 Å². The van der Waals surface area contributed by atoms with Crippen LogP contribution in [0.3, 0.4) is 0 Å². The molecule has 1 amide bonds. The van der Waals surface area contributed by atoms with Gasteiger partial charge in [0, 0.05) is 5.69 Å². The average Bonchev–Trinajstić information content (AvgIpc) is 2.67. The van der Waals surface area contributed by atoms with Gasteiger partial charge >= 0.3 is 0 Å². The number of aryl methyl sites for hydroxylation is 3. The van der Waals surface area contributed by atoms with E-state index in [9.17, 15) is 10.1 Å². The molecule has 0 heterocycles. The Hall–Kier alpha value is -2.78. The fraction of sp³-hybridized carbons (Fsp3) is 0.304. The van der Waals surface area contributed by atoms with Gasteiger partial charge in [0.2, 0.25) is 0 Å². The Morgan fingerprint density at radius 1 is 1.21 bits per heavy atom. The molecule has 0 atom stereocenters. The third-order valence-corrected chi connectivity index (χ3v) is 4.88. The average molecular weight is 457 g/mol. The SMILES string of the molecule is CCCOc1c(Br)cc(/C=C(\C#N)C(=O)Nc2c(C)cc(C)cc2C)cc1OC. The summed E-state index contributed by atoms with van der Waals surface area (Å²) in [6, 6.07) is 9.51. The molecular formula is C23H25BrN2O3. The summed E-state index contributed by atoms with van der Waals surface area (Å²) >= 11 is 3.48. The first-order valence-electron chi connectivity index (χ1n) is 9.32. The summed E-state index contributed by atoms with van der Waals surface area (Å²) in [5.41, 5.74) is 4.41. The largest absolute Gasteiger partial charge is 0.493 e. The maximum atomic E-state index is 12.7. The molecule has 0 fully saturated rings. The zero-order valence-corrected chi connectivity index (χ0v) is 18.9. The summed E-state index contributed by atoms with van der Waals surface area (Å²) in [4.78, 5) is 12.7. The lowest BCUT2D eigenvalue weighted by molar-refractivity contribution is -0.112. The third kappa shape index (κ3) is 5.61. The van der Waals surface area contributed by atoms with Crippen molar-refractivity contribution in [3.8, 4) is 17.6 Å². The number of amides is 1. The smallest absolute Gasteiger partial charge is 0.266 e. The van der Waals surface area contributed by atoms with Gasteiger partial charge in [-0.3, -0.25) is 4.79 Å². The maximum Gasteiger partial charge on any atom is 0.266 e. The molecule has 152 valence electrons. The summed E-state index contributed by atoms with van der Waals surface area (Å²) in [7, 11) is 1.55. The molecule has 29 heavy (non-hydrogen) atoms. The number of carbonyl (C=O) groups is 1. The normalized spacial score (nSPS) is 11.0. The predicted octanol–water partition coefficient (Wildman–Crippen LogP) is 5.72. The summed E-state index contributed by atoms with van der Waals surface area (Å²) in [6.45, 7) is 8.45. The zero-order valence-electron chi connectivity index (χ0n) is 17.4. The van der Waals surface area contributed by atoms with Crippen molar-refractivity contribution in [2.75, 3.05) is 19.0 Å². The number of benzene rings is 2. The summed E-state index contributed by atoms with van der Waals surface area (Å²) in [6.07, 6.45) is 2.40. The first kappa shape index (κ1) is 22.5. The Balaban J connectivity index is 2.35. The van der Waals surface area contributed by atoms with Crippen molar-refractivity contribution < 1.29 is 14.3 Å². The standard InChI is InChI=1S/C23H25BrN2O3/c1-6-7-29-22-19(24)11-17(12-20(22)28-5)10-18(13-25)23(27)26-21-15(3)8-14(2)9-16(21)4/h8-12H,6-7H2,1-5H3,(H,26,27)/b18-10+. The van der Waals surface area contributed by atoms with Gasteiger partial charge in [0.25, 0.3) is 5.91 Å². The van der Waals surface area contributed by atoms with Crippen molar-refractivity contribution in [2.24, 2.45) is 0 Å². The van der Waals surface area contributed by atoms with E-state index in [-0.39, 0.29) is 5.57 Å². The van der Waals surface area contributed by atoms with Crippen molar-refractivity contribution in [3.63, 3.8) is 0 Å². The lowest BCUT2D eigenvalue weighted by atomic mass is 10.0. The second-order valence-corrected chi connectivity index (χ2v) is 7.63. The highest BCUT2D eigenvalue weighted by atomic mass is 79.9. The van der Waals surface area contributed by atoms with Crippen LogP contribution in [-0.2, 0) is 4.79 Å². The van der Waals surface area contributed by atoms with E-state index in [4.69, 9.17) is 9.47 Å². The quantitative estimate of drug-likeness (QED) is 0.427. The van der Waals surface area contributed by atoms with Crippen LogP contribution in [0.15, 0.2) is 34.3 Å². The molecule has 2 rings (SSSR count). The second kappa shape index (κ2) is 10.1. The lowest BCUT2D eigenvalue weighted by Crippen LogP contribution is -2.15. The second-order valence-electron chi connectivity index (χ2n) is 6.78. The number of rotatable bonds is 7. The number of nitriles is 1. The molecule has 1 N–H and O–H groups in total. The monoisotopic (exact) mass is 456 g/mol. The molecule has 0 aliphatic carbocycles. The first-order valence-corrected chi connectivity index (χ1v) is 10.1. The number of ether oxygens (including phenoxy) is 2. The molecule has 0 bridgehead atoms. The van der Waals surface area contributed by atoms with Gasteiger partial charge in [-0.05, 0) is 78.0 Å². The van der Waals surface area contributed by atoms with Crippen LogP contribution in [0.25, 0.3) is 6.08 Å². The van der Waals surface area contributed by atoms with Gasteiger partial charge in [-0.15, -0.1) is 0 Å². The van der Waals surface area contributed by atoms with E-state index < -0.39 is 5.91 Å². The molecule has 2 aromatic carbocycles. The van der Waals surface area contributed by atoms with Gasteiger partial charge in [-0.2, -0.15) is 5.26 Å². The highest BCUT2D eigenvalue weighted by Gasteiger charge is 2.15. The number of nitrogens with zero attached hydrogens (tertiary/aromatic N) is 1. The highest BCUT2D eigenvalue weighted by Crippen LogP contribution is 2.37. The molecular weight excluding hydrogens is 432 g/mol. The molecule has 5 nitrogen and oxygen atoms in total. The van der Waals surface area contributed by atoms with E-state index in [0.29, 0.717) is 28.1 Å². The Kier molecular flexibility index (Phi) is 7.86. The molecule has 0 aliphatic rings. The number of hydrogen-bond donors (Lipinski definition) is 1. The van der Waals surface area contributed by atoms with Crippen LogP contribution in [0.4, 0.5) is 5.69 Å². The number of methoxy groups -OCH3 is 1. The topological polar surface area (TPSA) is 71.3 Å². The lowest BCUT2D eigenvalue weighted by Gasteiger charge is -2.14. The maximum absolute atomic E-state index is 12.7. The minimum Gasteiger partial charge on any atom is -0.493 e. The Labute approximate surface area is 180 Å². The first-order chi connectivity index (χ1) is 13.8. The fourth-order valence-corrected chi connectivity index (χ4v) is 3.61. The molecule has 0 unspecified atom stereocenters. The number of anilines is 1. The Morgan fingerprint density at radius 2 is 1.86 bits per heavy atom. The Morgan fingerprint density at radius 3 is 2.41 bits per heavy atom. The van der Waals surface area contributed by atoms with Crippen LogP contribution in [-0.4, -0.2) is 19.6 Å². The zero-order chi connectivity index (χ0) is 21.6. The van der Waals surface area contributed by atoms with Crippen molar-refractivity contribution in [2.45, 2.75) is 34.1 Å². The fourth-order valence-electron chi connectivity index (χ4n) is 3.04. The van der Waals surface area contributed by atoms with Crippen molar-refractivity contribution in [1.29, 1.82) is 5.26 Å². The molecule has 6 heteroatoms. The van der Waals surface area contributed by atoms with E-state index in [2.05, 4.69) is 21.2 Å². The Bertz CT molecular complexity index is 967. The summed E-state index contributed by atoms with van der Waals surface area (Å²) < 4.78 is 11.8. The number of hydrogen-bond acceptors (Lipinski definition) is 4. The van der Waals surface area contributed by atoms with E-state index in [1.165, 1.54) is 6.08 Å². The number of halogens is 1. The van der Waals surface area contributed by atoms with Gasteiger partial charge in [0.1, 0.15) is 11.6 Å². The van der Waals surface area contributed by atoms with Crippen molar-refractivity contribution in [1.82, 2.24) is 0 Å². The predicted molar refractivity (Wildman–Crippen MR) is 119 cm³/mol. The van der Waals surface area contributed by atoms with Gasteiger partial charge in [0.15, 0.2) is 11.5 Å². The molecule has 2 aromatic rings. The van der Waals surface area contributed by atoms with Gasteiger partial charge in [0.05, 0.1) is 18.2 Å². The molecule has 0 saturated heterocycles. The van der Waals surface area contributed by atoms with Crippen LogP contribution in [0, 0.1) is 32.1 Å². The number of nitrogens with one attached hydrogen (secondary N) is 1. The third-order valence-electron chi connectivity index (χ3n) is 4.29. The van der Waals surface area contributed by atoms with Crippen LogP contribution in [0.5, 0.6) is 11.5 Å². The van der Waals surface area contributed by atoms with Gasteiger partial charge < -0.3 is 14.8 Å². The van der Waals surface area contributed by atoms with Crippen LogP contribution in [0.1, 0.15) is 35.6 Å². The van der Waals surface area contributed by atoms with E-state index in [1.54, 1.807) is 19.2 Å². The molecule has 0 aromatic heterocycles. The minimum absolute atomic E-state index is 0.000514. The molecule has 0 radical (unpaired) electrons. The highest BCUT2D eigenvalue weighted by molar-refractivity contribution is 9.10. The number of carbonyl (C=O) groups excluding carboxylic acids is 1. The van der Waals surface area contributed by atoms with E-state index in [1.807, 2.05) is 45.9 Å². The van der Waals surface area contributed by atoms with Crippen LogP contribution < -0.4 is 14.8 Å². The summed E-state index contributed by atoms with van der Waals surface area (Å²) in [5, 5.41) is 12.4. The van der Waals surface area contributed by atoms with Gasteiger partial charge in [-0.25, -0.2) is 0 Å². The van der Waals surface area contributed by atoms with Crippen LogP contribution in [0.2, 0.25) is 0 Å². The molecule has 0 aliphatic heterocycles. The molecule has 0 saturated carbocycles. The van der Waals surface area contributed by atoms with Crippen molar-refractivity contribution >= 4 is 33.6 Å². The minimum atomic E-state index is -0.455. The van der Waals surface area contributed by atoms with Crippen LogP contribution >= 0.6 is 15.9 Å². The van der Waals surface area contributed by atoms with Gasteiger partial charge in [-0.1, -0.05) is 24.6 Å². The van der Waals surface area contributed by atoms with E-state index >= 15 is 0 Å².